The number of amides is 1. The molecule has 1 amide bonds. The number of ether oxygens (including phenoxy) is 1. The van der Waals surface area contributed by atoms with Crippen LogP contribution in [0.1, 0.15) is 35.7 Å². The highest BCUT2D eigenvalue weighted by molar-refractivity contribution is 7.13. The molecule has 2 heterocycles. The summed E-state index contributed by atoms with van der Waals surface area (Å²) in [7, 11) is 0. The number of halogens is 3. The molecule has 1 aromatic carbocycles. The van der Waals surface area contributed by atoms with Gasteiger partial charge in [-0.15, -0.1) is 11.3 Å². The Kier molecular flexibility index (Phi) is 4.82. The molecule has 0 aliphatic heterocycles. The molecule has 148 valence electrons. The molecule has 1 saturated carbocycles. The summed E-state index contributed by atoms with van der Waals surface area (Å²) in [5, 5.41) is 4.30. The number of para-hydroxylation sites is 1. The van der Waals surface area contributed by atoms with Crippen LogP contribution in [-0.4, -0.2) is 23.7 Å². The van der Waals surface area contributed by atoms with Crippen molar-refractivity contribution in [3.05, 3.63) is 53.0 Å². The zero-order valence-corrected chi connectivity index (χ0v) is 15.9. The first-order valence-electron chi connectivity index (χ1n) is 8.97. The van der Waals surface area contributed by atoms with Crippen LogP contribution in [0.4, 0.5) is 13.2 Å². The molecule has 2 N–H and O–H groups in total. The lowest BCUT2D eigenvalue weighted by atomic mass is 10.1. The SMILES string of the molecule is CC(NC(=O)[C@@H]1C[C@H]1c1c[nH]c2ccccc12)c1ccc(OCC(F)(F)F)s1. The molecule has 3 aromatic rings. The number of aromatic amines is 1. The van der Waals surface area contributed by atoms with Crippen LogP contribution in [0.25, 0.3) is 10.9 Å². The van der Waals surface area contributed by atoms with Crippen LogP contribution in [0.3, 0.4) is 0 Å². The zero-order valence-electron chi connectivity index (χ0n) is 15.0. The zero-order chi connectivity index (χ0) is 19.9. The molecule has 4 nitrogen and oxygen atoms in total. The van der Waals surface area contributed by atoms with Crippen LogP contribution in [0, 0.1) is 5.92 Å². The van der Waals surface area contributed by atoms with E-state index in [2.05, 4.69) is 10.3 Å². The molecule has 0 bridgehead atoms. The summed E-state index contributed by atoms with van der Waals surface area (Å²) in [6, 6.07) is 10.9. The Morgan fingerprint density at radius 2 is 2.11 bits per heavy atom. The van der Waals surface area contributed by atoms with Gasteiger partial charge in [-0.3, -0.25) is 4.79 Å². The summed E-state index contributed by atoms with van der Waals surface area (Å²) in [6.07, 6.45) is -1.60. The Morgan fingerprint density at radius 1 is 1.32 bits per heavy atom. The summed E-state index contributed by atoms with van der Waals surface area (Å²) < 4.78 is 41.5. The Bertz CT molecular complexity index is 995. The molecule has 3 atom stereocenters. The van der Waals surface area contributed by atoms with E-state index in [1.807, 2.05) is 37.4 Å². The summed E-state index contributed by atoms with van der Waals surface area (Å²) >= 11 is 1.11. The fourth-order valence-corrected chi connectivity index (χ4v) is 4.28. The minimum Gasteiger partial charge on any atom is -0.475 e. The first-order chi connectivity index (χ1) is 13.3. The maximum atomic E-state index is 12.6. The lowest BCUT2D eigenvalue weighted by molar-refractivity contribution is -0.152. The number of carbonyl (C=O) groups is 1. The number of H-pyrrole nitrogens is 1. The molecular weight excluding hydrogens is 389 g/mol. The lowest BCUT2D eigenvalue weighted by Crippen LogP contribution is -2.27. The largest absolute Gasteiger partial charge is 0.475 e. The van der Waals surface area contributed by atoms with Gasteiger partial charge in [0.1, 0.15) is 0 Å². The van der Waals surface area contributed by atoms with Crippen LogP contribution in [-0.2, 0) is 4.79 Å². The van der Waals surface area contributed by atoms with Crippen LogP contribution < -0.4 is 10.1 Å². The van der Waals surface area contributed by atoms with Crippen molar-refractivity contribution >= 4 is 28.1 Å². The topological polar surface area (TPSA) is 54.1 Å². The molecule has 1 unspecified atom stereocenters. The number of benzene rings is 1. The van der Waals surface area contributed by atoms with Gasteiger partial charge in [0.15, 0.2) is 11.7 Å². The third-order valence-corrected chi connectivity index (χ3v) is 6.09. The first-order valence-corrected chi connectivity index (χ1v) is 9.79. The monoisotopic (exact) mass is 408 g/mol. The normalized spacial score (nSPS) is 20.1. The molecule has 1 aliphatic carbocycles. The van der Waals surface area contributed by atoms with Crippen molar-refractivity contribution in [3.63, 3.8) is 0 Å². The molecule has 4 rings (SSSR count). The lowest BCUT2D eigenvalue weighted by Gasteiger charge is -2.12. The van der Waals surface area contributed by atoms with Crippen molar-refractivity contribution in [1.82, 2.24) is 10.3 Å². The van der Waals surface area contributed by atoms with E-state index in [0.717, 1.165) is 39.1 Å². The number of carbonyl (C=O) groups excluding carboxylic acids is 1. The number of nitrogens with one attached hydrogen (secondary N) is 2. The summed E-state index contributed by atoms with van der Waals surface area (Å²) in [6.45, 7) is 0.502. The molecule has 2 aromatic heterocycles. The second kappa shape index (κ2) is 7.16. The van der Waals surface area contributed by atoms with Gasteiger partial charge in [-0.1, -0.05) is 18.2 Å². The number of thiophene rings is 1. The standard InChI is InChI=1S/C20H19F3N2O2S/c1-11(17-6-7-18(28-17)27-10-20(21,22)23)25-19(26)14-8-13(14)15-9-24-16-5-3-2-4-12(15)16/h2-7,9,11,13-14,24H,8,10H2,1H3,(H,25,26)/t11?,13-,14-/m1/s1. The van der Waals surface area contributed by atoms with E-state index >= 15 is 0 Å². The Labute approximate surface area is 163 Å². The molecule has 0 spiro atoms. The maximum Gasteiger partial charge on any atom is 0.422 e. The molecular formula is C20H19F3N2O2S. The molecule has 8 heteroatoms. The predicted molar refractivity (Wildman–Crippen MR) is 102 cm³/mol. The number of rotatable bonds is 6. The van der Waals surface area contributed by atoms with Crippen LogP contribution in [0.15, 0.2) is 42.6 Å². The number of alkyl halides is 3. The van der Waals surface area contributed by atoms with Gasteiger partial charge in [0.2, 0.25) is 5.91 Å². The Hall–Kier alpha value is -2.48. The molecule has 0 saturated heterocycles. The fraction of sp³-hybridized carbons (Fsp3) is 0.350. The average Bonchev–Trinajstić information content (AvgIpc) is 3.11. The second-order valence-electron chi connectivity index (χ2n) is 7.03. The minimum atomic E-state index is -4.37. The van der Waals surface area contributed by atoms with Crippen molar-refractivity contribution in [3.8, 4) is 5.06 Å². The predicted octanol–water partition coefficient (Wildman–Crippen LogP) is 5.15. The fourth-order valence-electron chi connectivity index (χ4n) is 3.42. The van der Waals surface area contributed by atoms with Gasteiger partial charge in [-0.25, -0.2) is 0 Å². The molecule has 28 heavy (non-hydrogen) atoms. The number of fused-ring (bicyclic) bond motifs is 1. The Morgan fingerprint density at radius 3 is 2.89 bits per heavy atom. The highest BCUT2D eigenvalue weighted by Crippen LogP contribution is 2.50. The second-order valence-corrected chi connectivity index (χ2v) is 8.11. The minimum absolute atomic E-state index is 0.0334. The number of aromatic nitrogens is 1. The molecule has 1 fully saturated rings. The summed E-state index contributed by atoms with van der Waals surface area (Å²) in [5.41, 5.74) is 2.21. The van der Waals surface area contributed by atoms with E-state index in [9.17, 15) is 18.0 Å². The van der Waals surface area contributed by atoms with Gasteiger partial charge in [0.25, 0.3) is 0 Å². The van der Waals surface area contributed by atoms with Gasteiger partial charge in [0.05, 0.1) is 6.04 Å². The summed E-state index contributed by atoms with van der Waals surface area (Å²) in [4.78, 5) is 16.6. The van der Waals surface area contributed by atoms with E-state index < -0.39 is 12.8 Å². The van der Waals surface area contributed by atoms with Gasteiger partial charge >= 0.3 is 6.18 Å². The van der Waals surface area contributed by atoms with Gasteiger partial charge in [-0.05, 0) is 43.0 Å². The van der Waals surface area contributed by atoms with E-state index in [4.69, 9.17) is 4.74 Å². The van der Waals surface area contributed by atoms with Crippen molar-refractivity contribution in [2.45, 2.75) is 31.5 Å². The third kappa shape index (κ3) is 4.01. The van der Waals surface area contributed by atoms with E-state index in [-0.39, 0.29) is 28.8 Å². The highest BCUT2D eigenvalue weighted by Gasteiger charge is 2.45. The van der Waals surface area contributed by atoms with Gasteiger partial charge in [0, 0.05) is 27.9 Å². The van der Waals surface area contributed by atoms with Gasteiger partial charge < -0.3 is 15.0 Å². The first kappa shape index (κ1) is 18.9. The number of hydrogen-bond donors (Lipinski definition) is 2. The third-order valence-electron chi connectivity index (χ3n) is 4.91. The number of hydrogen-bond acceptors (Lipinski definition) is 3. The summed E-state index contributed by atoms with van der Waals surface area (Å²) in [5.74, 6) is 0.0777. The van der Waals surface area contributed by atoms with Crippen LogP contribution >= 0.6 is 11.3 Å². The van der Waals surface area contributed by atoms with E-state index in [1.165, 1.54) is 6.07 Å². The van der Waals surface area contributed by atoms with E-state index in [1.54, 1.807) is 6.07 Å². The van der Waals surface area contributed by atoms with Crippen molar-refractivity contribution < 1.29 is 22.7 Å². The highest BCUT2D eigenvalue weighted by atomic mass is 32.1. The van der Waals surface area contributed by atoms with Crippen molar-refractivity contribution in [1.29, 1.82) is 0 Å². The van der Waals surface area contributed by atoms with Crippen LogP contribution in [0.5, 0.6) is 5.06 Å². The van der Waals surface area contributed by atoms with E-state index in [0.29, 0.717) is 0 Å². The molecule has 0 radical (unpaired) electrons. The quantitative estimate of drug-likeness (QED) is 0.593. The van der Waals surface area contributed by atoms with Crippen molar-refractivity contribution in [2.24, 2.45) is 5.92 Å². The molecule has 1 aliphatic rings. The Balaban J connectivity index is 1.35. The van der Waals surface area contributed by atoms with Gasteiger partial charge in [-0.2, -0.15) is 13.2 Å². The van der Waals surface area contributed by atoms with Crippen LogP contribution in [0.2, 0.25) is 0 Å². The van der Waals surface area contributed by atoms with Crippen molar-refractivity contribution in [2.75, 3.05) is 6.61 Å². The average molecular weight is 408 g/mol. The smallest absolute Gasteiger partial charge is 0.422 e. The maximum absolute atomic E-state index is 12.6.